The summed E-state index contributed by atoms with van der Waals surface area (Å²) in [6.45, 7) is 10.7. The number of phosphoric acid groups is 1. The molecule has 0 aromatic heterocycles. The van der Waals surface area contributed by atoms with Gasteiger partial charge in [0.15, 0.2) is 11.9 Å². The zero-order valence-electron chi connectivity index (χ0n) is 56.9. The zero-order valence-corrected chi connectivity index (χ0v) is 57.8. The van der Waals surface area contributed by atoms with E-state index >= 15 is 9.59 Å². The number of aliphatic hydroxyl groups is 2. The number of hydrogen-bond donors (Lipinski definition) is 3. The third-order valence-electron chi connectivity index (χ3n) is 20.1. The molecule has 20 nitrogen and oxygen atoms in total. The molecule has 518 valence electrons. The van der Waals surface area contributed by atoms with Crippen LogP contribution >= 0.6 is 7.82 Å². The number of aliphatic hydroxyl groups excluding tert-OH is 1. The molecule has 0 spiro atoms. The molecule has 0 saturated heterocycles. The summed E-state index contributed by atoms with van der Waals surface area (Å²) < 4.78 is 56.8. The van der Waals surface area contributed by atoms with E-state index in [1.807, 2.05) is 21.1 Å². The quantitative estimate of drug-likeness (QED) is 0.0123. The fourth-order valence-corrected chi connectivity index (χ4v) is 15.7. The van der Waals surface area contributed by atoms with Crippen molar-refractivity contribution in [2.45, 2.75) is 237 Å². The van der Waals surface area contributed by atoms with E-state index in [-0.39, 0.29) is 53.7 Å². The molecule has 21 heteroatoms. The molecule has 2 bridgehead atoms. The van der Waals surface area contributed by atoms with Crippen LogP contribution in [0, 0.1) is 22.7 Å². The molecule has 3 aromatic rings. The summed E-state index contributed by atoms with van der Waals surface area (Å²) >= 11 is 0. The summed E-state index contributed by atoms with van der Waals surface area (Å²) in [5, 5.41) is 29.6. The first-order valence-corrected chi connectivity index (χ1v) is 35.5. The largest absolute Gasteiger partial charge is 0.756 e. The number of ketones is 1. The lowest BCUT2D eigenvalue weighted by molar-refractivity contribution is -0.870. The van der Waals surface area contributed by atoms with E-state index in [1.54, 1.807) is 92.7 Å². The molecule has 3 fully saturated rings. The number of hydrogen-bond acceptors (Lipinski definition) is 18. The number of amides is 1. The molecule has 3 unspecified atom stereocenters. The van der Waals surface area contributed by atoms with Crippen LogP contribution in [0.15, 0.2) is 102 Å². The van der Waals surface area contributed by atoms with Crippen molar-refractivity contribution in [3.63, 3.8) is 0 Å². The average Bonchev–Trinajstić information content (AvgIpc) is 0.670. The number of ether oxygens (including phenoxy) is 5. The normalized spacial score (nSPS) is 26.2. The number of rotatable bonds is 35. The predicted molar refractivity (Wildman–Crippen MR) is 350 cm³/mol. The van der Waals surface area contributed by atoms with Crippen molar-refractivity contribution in [2.75, 3.05) is 34.3 Å². The Morgan fingerprint density at radius 3 is 1.81 bits per heavy atom. The molecule has 0 radical (unpaired) electrons. The first-order valence-electron chi connectivity index (χ1n) is 34.0. The van der Waals surface area contributed by atoms with Gasteiger partial charge in [-0.15, -0.1) is 0 Å². The number of carbonyl (C=O) groups excluding carboxylic acids is 7. The van der Waals surface area contributed by atoms with Crippen molar-refractivity contribution >= 4 is 49.4 Å². The summed E-state index contributed by atoms with van der Waals surface area (Å²) in [6, 6.07) is 22.6. The van der Waals surface area contributed by atoms with Crippen molar-refractivity contribution in [1.82, 2.24) is 5.32 Å². The SMILES string of the molecule is CCCCCCCCCCCCCCCCCC(CC(=O)O[C@@H](C(=O)O[C@H]1C[C@@]2(O)[C@@H](OC(=O)c3ccccc3)C3[C@](C)(C(=O)[C@H](OC(C)=O)C(=C1C)C2(C)C)[C@@H](O)C[C@H]1CC[C@@]31OC(C)=O)[C@@H](NC(=O)c1ccccc1)c1ccccc1)OP(=O)([O-])OCC[N+](C)(C)C. The van der Waals surface area contributed by atoms with Gasteiger partial charge in [0, 0.05) is 37.2 Å². The van der Waals surface area contributed by atoms with Gasteiger partial charge in [-0.2, -0.15) is 0 Å². The van der Waals surface area contributed by atoms with E-state index in [0.717, 1.165) is 32.6 Å². The number of nitrogens with zero attached hydrogens (tertiary/aromatic N) is 1. The fraction of sp³-hybridized carbons (Fsp3) is 0.630. The summed E-state index contributed by atoms with van der Waals surface area (Å²) in [6.07, 6.45) is 5.36. The number of benzene rings is 3. The first kappa shape index (κ1) is 75.3. The number of phosphoric ester groups is 1. The van der Waals surface area contributed by atoms with Crippen LogP contribution in [-0.4, -0.2) is 138 Å². The summed E-state index contributed by atoms with van der Waals surface area (Å²) in [5.41, 5.74) is -7.44. The van der Waals surface area contributed by atoms with Gasteiger partial charge in [-0.3, -0.25) is 28.5 Å². The first-order chi connectivity index (χ1) is 44.5. The molecule has 3 aromatic carbocycles. The Morgan fingerprint density at radius 1 is 0.745 bits per heavy atom. The lowest BCUT2D eigenvalue weighted by Gasteiger charge is -2.68. The minimum atomic E-state index is -5.07. The topological polar surface area (TPSA) is 277 Å². The number of unbranched alkanes of at least 4 members (excludes halogenated alkanes) is 14. The van der Waals surface area contributed by atoms with Crippen LogP contribution in [0.25, 0.3) is 0 Å². The van der Waals surface area contributed by atoms with Gasteiger partial charge >= 0.3 is 29.8 Å². The number of esters is 5. The zero-order chi connectivity index (χ0) is 68.7. The van der Waals surface area contributed by atoms with Crippen LogP contribution in [0.2, 0.25) is 0 Å². The minimum absolute atomic E-state index is 0.0466. The van der Waals surface area contributed by atoms with E-state index in [1.165, 1.54) is 90.7 Å². The van der Waals surface area contributed by atoms with Gasteiger partial charge in [0.1, 0.15) is 42.6 Å². The second-order valence-electron chi connectivity index (χ2n) is 28.2. The molecule has 4 aliphatic rings. The average molecular weight is 1330 g/mol. The molecule has 3 N–H and O–H groups in total. The summed E-state index contributed by atoms with van der Waals surface area (Å²) in [5.74, 6) is -8.73. The fourth-order valence-electron chi connectivity index (χ4n) is 14.8. The van der Waals surface area contributed by atoms with E-state index in [4.69, 9.17) is 32.7 Å². The van der Waals surface area contributed by atoms with Gasteiger partial charge in [-0.25, -0.2) is 9.59 Å². The maximum atomic E-state index is 16.0. The van der Waals surface area contributed by atoms with Crippen LogP contribution in [0.3, 0.4) is 0 Å². The smallest absolute Gasteiger partial charge is 0.350 e. The molecule has 13 atom stereocenters. The van der Waals surface area contributed by atoms with E-state index < -0.39 is 139 Å². The van der Waals surface area contributed by atoms with Crippen LogP contribution < -0.4 is 10.2 Å². The number of nitrogens with one attached hydrogen (secondary N) is 1. The Labute approximate surface area is 555 Å². The molecule has 1 amide bonds. The van der Waals surface area contributed by atoms with Crippen molar-refractivity contribution in [2.24, 2.45) is 22.7 Å². The highest BCUT2D eigenvalue weighted by Crippen LogP contribution is 2.67. The van der Waals surface area contributed by atoms with E-state index in [9.17, 15) is 43.6 Å². The molecule has 7 rings (SSSR count). The van der Waals surface area contributed by atoms with Crippen LogP contribution in [0.1, 0.15) is 216 Å². The number of quaternary nitrogens is 1. The number of Topliss-reactive ketones (excluding diaryl/α,β-unsaturated/α-hetero) is 1. The Hall–Kier alpha value is -6.12. The molecule has 94 heavy (non-hydrogen) atoms. The molecule has 0 aliphatic heterocycles. The van der Waals surface area contributed by atoms with Crippen molar-refractivity contribution in [1.29, 1.82) is 0 Å². The summed E-state index contributed by atoms with van der Waals surface area (Å²) in [4.78, 5) is 116. The van der Waals surface area contributed by atoms with Crippen molar-refractivity contribution in [3.8, 4) is 0 Å². The molecular formula is C73H103N2O18P. The van der Waals surface area contributed by atoms with Gasteiger partial charge in [0.2, 0.25) is 6.10 Å². The Balaban J connectivity index is 1.27. The van der Waals surface area contributed by atoms with Crippen molar-refractivity contribution in [3.05, 3.63) is 119 Å². The lowest BCUT2D eigenvalue weighted by Crippen LogP contribution is -2.78. The third-order valence-corrected chi connectivity index (χ3v) is 21.2. The molecule has 4 aliphatic carbocycles. The Bertz CT molecular complexity index is 3140. The number of carbonyl (C=O) groups is 7. The van der Waals surface area contributed by atoms with Crippen LogP contribution in [-0.2, 0) is 61.3 Å². The summed E-state index contributed by atoms with van der Waals surface area (Å²) in [7, 11) is 0.539. The second kappa shape index (κ2) is 33.2. The molecular weight excluding hydrogens is 1220 g/mol. The van der Waals surface area contributed by atoms with Crippen molar-refractivity contribution < 1.29 is 90.4 Å². The second-order valence-corrected chi connectivity index (χ2v) is 29.6. The maximum absolute atomic E-state index is 16.0. The Morgan fingerprint density at radius 2 is 1.29 bits per heavy atom. The van der Waals surface area contributed by atoms with Gasteiger partial charge in [0.05, 0.1) is 56.7 Å². The van der Waals surface area contributed by atoms with Gasteiger partial charge in [0.25, 0.3) is 13.7 Å². The van der Waals surface area contributed by atoms with Crippen LogP contribution in [0.5, 0.6) is 0 Å². The number of likely N-dealkylation sites (N-methyl/N-ethyl adjacent to an activating group) is 1. The standard InChI is InChI=1S/C73H103N2O18P/c1-11-12-13-14-15-16-17-18-19-20-21-22-23-24-34-41-56(93-94(85,86)87-45-44-75(8,9)10)47-59(79)90-63(61(52-35-28-25-29-36-52)74-67(81)53-37-30-26-31-38-53)69(83)89-57-48-73(84)66(91-68(82)54-39-32-27-33-40-54)64-71(7,58(78)46-55-42-43-72(55,64)92-51(4)77)65(80)62(88-50(3)76)60(49(57)2)70(73,5)6/h25-33,35-40,55-58,61-64,66,78,84H,11-24,34,41-48H2,1-10H3,(H-,74,81,85,86)/t55-,56?,57+,58+,61+,62-,63-,64?,66+,71-,72+,73-/m1/s1. The van der Waals surface area contributed by atoms with Gasteiger partial charge in [-0.1, -0.05) is 184 Å². The van der Waals surface area contributed by atoms with Crippen LogP contribution in [0.4, 0.5) is 0 Å². The highest BCUT2D eigenvalue weighted by atomic mass is 31.2. The van der Waals surface area contributed by atoms with Gasteiger partial charge < -0.3 is 57.6 Å². The highest BCUT2D eigenvalue weighted by molar-refractivity contribution is 7.45. The molecule has 0 heterocycles. The molecule has 3 saturated carbocycles. The van der Waals surface area contributed by atoms with Gasteiger partial charge in [-0.05, 0) is 80.5 Å². The monoisotopic (exact) mass is 1330 g/mol. The third kappa shape index (κ3) is 18.5. The Kier molecular flexibility index (Phi) is 26.6. The highest BCUT2D eigenvalue weighted by Gasteiger charge is 2.77. The minimum Gasteiger partial charge on any atom is -0.756 e. The predicted octanol–water partition coefficient (Wildman–Crippen LogP) is 11.5. The maximum Gasteiger partial charge on any atom is 0.350 e. The number of fused-ring (bicyclic) bond motifs is 5. The van der Waals surface area contributed by atoms with E-state index in [0.29, 0.717) is 30.3 Å². The lowest BCUT2D eigenvalue weighted by atomic mass is 9.41. The van der Waals surface area contributed by atoms with E-state index in [2.05, 4.69) is 12.2 Å².